The van der Waals surface area contributed by atoms with E-state index in [4.69, 9.17) is 9.47 Å². The van der Waals surface area contributed by atoms with Crippen LogP contribution in [0.3, 0.4) is 0 Å². The Hall–Kier alpha value is -1.42. The Balaban J connectivity index is 1.32. The molecule has 1 saturated heterocycles. The molecule has 2 fully saturated rings. The zero-order chi connectivity index (χ0) is 16.2. The minimum Gasteiger partial charge on any atom is -0.379 e. The minimum absolute atomic E-state index is 0.406. The molecule has 0 N–H and O–H groups in total. The van der Waals surface area contributed by atoms with Crippen molar-refractivity contribution in [3.63, 3.8) is 0 Å². The van der Waals surface area contributed by atoms with Gasteiger partial charge in [0.25, 0.3) is 0 Å². The van der Waals surface area contributed by atoms with Crippen molar-refractivity contribution >= 4 is 10.8 Å². The summed E-state index contributed by atoms with van der Waals surface area (Å²) in [6, 6.07) is 15.9. The summed E-state index contributed by atoms with van der Waals surface area (Å²) in [4.78, 5) is 2.58. The largest absolute Gasteiger partial charge is 0.379 e. The quantitative estimate of drug-likeness (QED) is 0.837. The molecule has 24 heavy (non-hydrogen) atoms. The summed E-state index contributed by atoms with van der Waals surface area (Å²) in [5.74, 6) is 0. The highest BCUT2D eigenvalue weighted by Gasteiger charge is 2.33. The predicted octanol–water partition coefficient (Wildman–Crippen LogP) is 3.65. The van der Waals surface area contributed by atoms with Gasteiger partial charge in [0.1, 0.15) is 0 Å². The molecule has 2 atom stereocenters. The van der Waals surface area contributed by atoms with Gasteiger partial charge in [-0.2, -0.15) is 0 Å². The summed E-state index contributed by atoms with van der Waals surface area (Å²) in [6.45, 7) is 4.70. The molecule has 1 unspecified atom stereocenters. The van der Waals surface area contributed by atoms with Crippen molar-refractivity contribution in [1.82, 2.24) is 4.90 Å². The average Bonchev–Trinajstić information content (AvgIpc) is 3.11. The van der Waals surface area contributed by atoms with Crippen molar-refractivity contribution in [3.8, 4) is 0 Å². The number of benzene rings is 2. The van der Waals surface area contributed by atoms with E-state index in [0.717, 1.165) is 39.3 Å². The van der Waals surface area contributed by atoms with E-state index < -0.39 is 0 Å². The molecule has 0 spiro atoms. The molecule has 1 saturated carbocycles. The minimum atomic E-state index is 0.406. The van der Waals surface area contributed by atoms with Crippen LogP contribution in [0.15, 0.2) is 42.5 Å². The summed E-state index contributed by atoms with van der Waals surface area (Å²) in [6.07, 6.45) is 5.18. The van der Waals surface area contributed by atoms with Crippen LogP contribution in [-0.2, 0) is 15.9 Å². The lowest BCUT2D eigenvalue weighted by atomic mass is 10.1. The first-order valence-electron chi connectivity index (χ1n) is 9.31. The van der Waals surface area contributed by atoms with Crippen LogP contribution in [0, 0.1) is 0 Å². The van der Waals surface area contributed by atoms with Crippen LogP contribution in [0.5, 0.6) is 0 Å². The van der Waals surface area contributed by atoms with Gasteiger partial charge in [-0.3, -0.25) is 4.90 Å². The number of nitrogens with zero attached hydrogens (tertiary/aromatic N) is 1. The first-order chi connectivity index (χ1) is 11.9. The van der Waals surface area contributed by atoms with Crippen LogP contribution < -0.4 is 0 Å². The maximum Gasteiger partial charge on any atom is 0.0730 e. The topological polar surface area (TPSA) is 21.7 Å². The highest BCUT2D eigenvalue weighted by Crippen LogP contribution is 2.27. The summed E-state index contributed by atoms with van der Waals surface area (Å²) in [7, 11) is 0. The fraction of sp³-hybridized carbons (Fsp3) is 0.524. The Bertz CT molecular complexity index is 666. The standard InChI is InChI=1S/C21H27NO2/c1-2-5-19-16-17(8-9-18(19)4-1)10-13-24-21-7-3-6-20(21)22-11-14-23-15-12-22/h1-2,4-5,8-9,16,20-21H,3,6-7,10-15H2/t20?,21-/m0/s1. The molecule has 1 heterocycles. The maximum atomic E-state index is 6.30. The van der Waals surface area contributed by atoms with Gasteiger partial charge in [-0.1, -0.05) is 42.5 Å². The molecule has 3 heteroatoms. The lowest BCUT2D eigenvalue weighted by Crippen LogP contribution is -2.47. The molecule has 128 valence electrons. The third kappa shape index (κ3) is 3.64. The molecule has 3 nitrogen and oxygen atoms in total. The normalized spacial score (nSPS) is 25.3. The van der Waals surface area contributed by atoms with Crippen molar-refractivity contribution in [2.24, 2.45) is 0 Å². The molecule has 4 rings (SSSR count). The third-order valence-electron chi connectivity index (χ3n) is 5.47. The van der Waals surface area contributed by atoms with Gasteiger partial charge in [0.15, 0.2) is 0 Å². The second-order valence-corrected chi connectivity index (χ2v) is 6.99. The van der Waals surface area contributed by atoms with Gasteiger partial charge < -0.3 is 9.47 Å². The van der Waals surface area contributed by atoms with E-state index in [0.29, 0.717) is 12.1 Å². The molecule has 1 aliphatic heterocycles. The van der Waals surface area contributed by atoms with Crippen molar-refractivity contribution in [2.75, 3.05) is 32.9 Å². The van der Waals surface area contributed by atoms with E-state index in [9.17, 15) is 0 Å². The summed E-state index contributed by atoms with van der Waals surface area (Å²) in [5.41, 5.74) is 1.37. The summed E-state index contributed by atoms with van der Waals surface area (Å²) < 4.78 is 11.8. The third-order valence-corrected chi connectivity index (χ3v) is 5.47. The second kappa shape index (κ2) is 7.64. The van der Waals surface area contributed by atoms with Gasteiger partial charge in [-0.15, -0.1) is 0 Å². The summed E-state index contributed by atoms with van der Waals surface area (Å²) >= 11 is 0. The highest BCUT2D eigenvalue weighted by atomic mass is 16.5. The van der Waals surface area contributed by atoms with Crippen molar-refractivity contribution in [1.29, 1.82) is 0 Å². The molecule has 0 amide bonds. The first kappa shape index (κ1) is 16.1. The number of hydrogen-bond acceptors (Lipinski definition) is 3. The molecule has 1 aliphatic carbocycles. The van der Waals surface area contributed by atoms with Gasteiger partial charge in [0.2, 0.25) is 0 Å². The number of ether oxygens (including phenoxy) is 2. The van der Waals surface area contributed by atoms with Crippen LogP contribution in [0.2, 0.25) is 0 Å². The van der Waals surface area contributed by atoms with E-state index in [1.54, 1.807) is 0 Å². The van der Waals surface area contributed by atoms with Gasteiger partial charge in [0.05, 0.1) is 25.9 Å². The SMILES string of the molecule is c1ccc2cc(CCO[C@H]3CCCC3N3CCOCC3)ccc2c1. The van der Waals surface area contributed by atoms with Gasteiger partial charge >= 0.3 is 0 Å². The summed E-state index contributed by atoms with van der Waals surface area (Å²) in [5, 5.41) is 2.63. The number of fused-ring (bicyclic) bond motifs is 1. The smallest absolute Gasteiger partial charge is 0.0730 e. The van der Waals surface area contributed by atoms with E-state index >= 15 is 0 Å². The highest BCUT2D eigenvalue weighted by molar-refractivity contribution is 5.82. The lowest BCUT2D eigenvalue weighted by Gasteiger charge is -2.35. The van der Waals surface area contributed by atoms with Crippen molar-refractivity contribution in [3.05, 3.63) is 48.0 Å². The Morgan fingerprint density at radius 1 is 1.00 bits per heavy atom. The molecule has 2 aromatic carbocycles. The Kier molecular flexibility index (Phi) is 5.12. The van der Waals surface area contributed by atoms with Crippen LogP contribution in [-0.4, -0.2) is 50.0 Å². The monoisotopic (exact) mass is 325 g/mol. The second-order valence-electron chi connectivity index (χ2n) is 6.99. The molecule has 0 radical (unpaired) electrons. The Morgan fingerprint density at radius 3 is 2.71 bits per heavy atom. The lowest BCUT2D eigenvalue weighted by molar-refractivity contribution is -0.0366. The van der Waals surface area contributed by atoms with E-state index in [2.05, 4.69) is 47.4 Å². The van der Waals surface area contributed by atoms with Crippen molar-refractivity contribution in [2.45, 2.75) is 37.8 Å². The van der Waals surface area contributed by atoms with Crippen LogP contribution in [0.4, 0.5) is 0 Å². The molecular weight excluding hydrogens is 298 g/mol. The molecule has 0 aromatic heterocycles. The number of rotatable bonds is 5. The fourth-order valence-corrected chi connectivity index (χ4v) is 4.15. The van der Waals surface area contributed by atoms with E-state index in [1.807, 2.05) is 0 Å². The maximum absolute atomic E-state index is 6.30. The van der Waals surface area contributed by atoms with Crippen molar-refractivity contribution < 1.29 is 9.47 Å². The van der Waals surface area contributed by atoms with E-state index in [1.165, 1.54) is 35.6 Å². The zero-order valence-electron chi connectivity index (χ0n) is 14.3. The Morgan fingerprint density at radius 2 is 1.83 bits per heavy atom. The zero-order valence-corrected chi connectivity index (χ0v) is 14.3. The fourth-order valence-electron chi connectivity index (χ4n) is 4.15. The number of hydrogen-bond donors (Lipinski definition) is 0. The van der Waals surface area contributed by atoms with Gasteiger partial charge in [-0.25, -0.2) is 0 Å². The van der Waals surface area contributed by atoms with E-state index in [-0.39, 0.29) is 0 Å². The predicted molar refractivity (Wildman–Crippen MR) is 97.4 cm³/mol. The molecule has 2 aromatic rings. The molecule has 2 aliphatic rings. The van der Waals surface area contributed by atoms with Crippen LogP contribution in [0.1, 0.15) is 24.8 Å². The van der Waals surface area contributed by atoms with Gasteiger partial charge in [0, 0.05) is 19.1 Å². The van der Waals surface area contributed by atoms with Crippen LogP contribution in [0.25, 0.3) is 10.8 Å². The Labute approximate surface area is 144 Å². The molecular formula is C21H27NO2. The van der Waals surface area contributed by atoms with Gasteiger partial charge in [-0.05, 0) is 42.0 Å². The van der Waals surface area contributed by atoms with Crippen LogP contribution >= 0.6 is 0 Å². The average molecular weight is 325 g/mol. The molecule has 0 bridgehead atoms. The number of morpholine rings is 1. The first-order valence-corrected chi connectivity index (χ1v) is 9.31.